The van der Waals surface area contributed by atoms with Gasteiger partial charge in [-0.05, 0) is 24.6 Å². The molecule has 0 radical (unpaired) electrons. The number of hydrogen-bond acceptors (Lipinski definition) is 4. The lowest BCUT2D eigenvalue weighted by molar-refractivity contribution is -0.121. The third kappa shape index (κ3) is 5.38. The van der Waals surface area contributed by atoms with Gasteiger partial charge in [0.2, 0.25) is 10.0 Å². The van der Waals surface area contributed by atoms with Crippen molar-refractivity contribution in [3.8, 4) is 0 Å². The van der Waals surface area contributed by atoms with Crippen molar-refractivity contribution >= 4 is 27.3 Å². The molecule has 0 aromatic heterocycles. The molecule has 0 saturated carbocycles. The molecule has 0 aliphatic heterocycles. The molecule has 0 aliphatic rings. The first-order chi connectivity index (χ1) is 13.2. The molecule has 0 fully saturated rings. The minimum Gasteiger partial charge on any atom is -0.398 e. The van der Waals surface area contributed by atoms with Gasteiger partial charge in [-0.1, -0.05) is 0 Å². The average Bonchev–Trinajstić information content (AvgIpc) is 2.57. The van der Waals surface area contributed by atoms with Crippen molar-refractivity contribution < 1.29 is 39.6 Å². The summed E-state index contributed by atoms with van der Waals surface area (Å²) in [6.07, 6.45) is -4.83. The number of rotatable bonds is 5. The van der Waals surface area contributed by atoms with Gasteiger partial charge in [-0.2, -0.15) is 13.2 Å². The fourth-order valence-corrected chi connectivity index (χ4v) is 3.42. The maximum atomic E-state index is 13.3. The fourth-order valence-electron chi connectivity index (χ4n) is 2.27. The van der Waals surface area contributed by atoms with E-state index in [1.807, 2.05) is 5.32 Å². The number of hydrogen-bond donors (Lipinski definition) is 3. The second-order valence-corrected chi connectivity index (χ2v) is 7.59. The van der Waals surface area contributed by atoms with Gasteiger partial charge >= 0.3 is 6.18 Å². The van der Waals surface area contributed by atoms with Gasteiger partial charge in [0, 0.05) is 23.4 Å². The van der Waals surface area contributed by atoms with E-state index in [1.54, 1.807) is 0 Å². The predicted molar refractivity (Wildman–Crippen MR) is 91.1 cm³/mol. The maximum absolute atomic E-state index is 13.3. The van der Waals surface area contributed by atoms with Crippen LogP contribution in [0.2, 0.25) is 0 Å². The summed E-state index contributed by atoms with van der Waals surface area (Å²) in [5.74, 6) is -5.96. The van der Waals surface area contributed by atoms with E-state index in [-0.39, 0.29) is 11.1 Å². The lowest BCUT2D eigenvalue weighted by Gasteiger charge is -2.14. The number of alkyl halides is 3. The van der Waals surface area contributed by atoms with Gasteiger partial charge in [-0.3, -0.25) is 4.79 Å². The number of sulfonamides is 1. The molecular weight excluding hydrogens is 428 g/mol. The van der Waals surface area contributed by atoms with Gasteiger partial charge in [-0.25, -0.2) is 26.3 Å². The molecular formula is C16H13F6N3O3S. The molecule has 2 rings (SSSR count). The van der Waals surface area contributed by atoms with Crippen LogP contribution in [0.1, 0.15) is 15.9 Å². The summed E-state index contributed by atoms with van der Waals surface area (Å²) in [6, 6.07) is 2.73. The second-order valence-electron chi connectivity index (χ2n) is 5.85. The Morgan fingerprint density at radius 1 is 1.07 bits per heavy atom. The monoisotopic (exact) mass is 441 g/mol. The molecule has 0 aliphatic carbocycles. The first-order valence-electron chi connectivity index (χ1n) is 7.63. The van der Waals surface area contributed by atoms with Crippen LogP contribution in [-0.2, 0) is 10.0 Å². The number of nitrogens with two attached hydrogens (primary N) is 1. The van der Waals surface area contributed by atoms with Crippen LogP contribution in [0, 0.1) is 24.4 Å². The van der Waals surface area contributed by atoms with Crippen molar-refractivity contribution in [3.05, 3.63) is 52.8 Å². The number of nitrogens with one attached hydrogen (secondary N) is 2. The van der Waals surface area contributed by atoms with E-state index in [1.165, 1.54) is 11.6 Å². The maximum Gasteiger partial charge on any atom is 0.402 e. The smallest absolute Gasteiger partial charge is 0.398 e. The van der Waals surface area contributed by atoms with Crippen LogP contribution in [0.5, 0.6) is 0 Å². The number of benzene rings is 2. The molecule has 0 atom stereocenters. The minimum atomic E-state index is -4.83. The lowest BCUT2D eigenvalue weighted by Crippen LogP contribution is -2.34. The molecule has 1 amide bonds. The Morgan fingerprint density at radius 2 is 1.62 bits per heavy atom. The molecule has 6 nitrogen and oxygen atoms in total. The number of amides is 1. The van der Waals surface area contributed by atoms with Crippen LogP contribution in [0.15, 0.2) is 29.2 Å². The quantitative estimate of drug-likeness (QED) is 0.377. The zero-order valence-corrected chi connectivity index (χ0v) is 15.3. The molecule has 4 N–H and O–H groups in total. The molecule has 158 valence electrons. The third-order valence-corrected chi connectivity index (χ3v) is 5.05. The zero-order chi connectivity index (χ0) is 22.1. The van der Waals surface area contributed by atoms with Gasteiger partial charge in [0.25, 0.3) is 5.91 Å². The number of carbonyl (C=O) groups is 1. The van der Waals surface area contributed by atoms with Crippen LogP contribution < -0.4 is 15.8 Å². The Labute approximate surface area is 160 Å². The van der Waals surface area contributed by atoms with Crippen LogP contribution in [0.3, 0.4) is 0 Å². The van der Waals surface area contributed by atoms with Crippen LogP contribution in [0.4, 0.5) is 37.7 Å². The highest BCUT2D eigenvalue weighted by Gasteiger charge is 2.31. The molecule has 13 heteroatoms. The molecule has 29 heavy (non-hydrogen) atoms. The van der Waals surface area contributed by atoms with Gasteiger partial charge in [0.05, 0.1) is 5.69 Å². The highest BCUT2D eigenvalue weighted by molar-refractivity contribution is 7.89. The third-order valence-electron chi connectivity index (χ3n) is 3.60. The minimum absolute atomic E-state index is 0.123. The summed E-state index contributed by atoms with van der Waals surface area (Å²) in [5.41, 5.74) is 4.43. The molecule has 0 spiro atoms. The number of carbonyl (C=O) groups excluding carboxylic acids is 1. The summed E-state index contributed by atoms with van der Waals surface area (Å²) in [6.45, 7) is -0.519. The largest absolute Gasteiger partial charge is 0.402 e. The summed E-state index contributed by atoms with van der Waals surface area (Å²) >= 11 is 0. The van der Waals surface area contributed by atoms with E-state index >= 15 is 0 Å². The summed E-state index contributed by atoms with van der Waals surface area (Å²) < 4.78 is 102. The number of halogens is 6. The summed E-state index contributed by atoms with van der Waals surface area (Å²) in [4.78, 5) is 11.6. The Hall–Kier alpha value is -2.80. The van der Waals surface area contributed by atoms with Gasteiger partial charge < -0.3 is 11.1 Å². The van der Waals surface area contributed by atoms with Gasteiger partial charge in [0.15, 0.2) is 17.5 Å². The molecule has 0 heterocycles. The molecule has 0 saturated heterocycles. The zero-order valence-electron chi connectivity index (χ0n) is 14.5. The van der Waals surface area contributed by atoms with Crippen molar-refractivity contribution in [1.29, 1.82) is 0 Å². The molecule has 0 bridgehead atoms. The fraction of sp³-hybridized carbons (Fsp3) is 0.188. The van der Waals surface area contributed by atoms with Crippen molar-refractivity contribution in [3.63, 3.8) is 0 Å². The number of aryl methyl sites for hydroxylation is 1. The van der Waals surface area contributed by atoms with Crippen molar-refractivity contribution in [2.45, 2.75) is 18.0 Å². The first kappa shape index (κ1) is 22.5. The summed E-state index contributed by atoms with van der Waals surface area (Å²) in [5, 5.41) is 2.04. The van der Waals surface area contributed by atoms with Crippen molar-refractivity contribution in [1.82, 2.24) is 4.72 Å². The highest BCUT2D eigenvalue weighted by atomic mass is 32.2. The van der Waals surface area contributed by atoms with E-state index in [9.17, 15) is 39.6 Å². The molecule has 2 aromatic rings. The van der Waals surface area contributed by atoms with E-state index in [2.05, 4.69) is 0 Å². The van der Waals surface area contributed by atoms with Crippen molar-refractivity contribution in [2.24, 2.45) is 0 Å². The summed E-state index contributed by atoms with van der Waals surface area (Å²) in [7, 11) is -4.73. The second kappa shape index (κ2) is 7.91. The van der Waals surface area contributed by atoms with Gasteiger partial charge in [-0.15, -0.1) is 0 Å². The van der Waals surface area contributed by atoms with Crippen LogP contribution >= 0.6 is 0 Å². The SMILES string of the molecule is Cc1cc(N)c(S(=O)(=O)NCC(F)(F)F)cc1C(=O)Nc1cc(F)c(F)c(F)c1. The highest BCUT2D eigenvalue weighted by Crippen LogP contribution is 2.25. The van der Waals surface area contributed by atoms with E-state index in [4.69, 9.17) is 5.73 Å². The van der Waals surface area contributed by atoms with Crippen molar-refractivity contribution in [2.75, 3.05) is 17.6 Å². The topological polar surface area (TPSA) is 101 Å². The number of anilines is 2. The van der Waals surface area contributed by atoms with E-state index in [0.29, 0.717) is 12.1 Å². The Kier molecular flexibility index (Phi) is 6.13. The van der Waals surface area contributed by atoms with Crippen LogP contribution in [0.25, 0.3) is 0 Å². The van der Waals surface area contributed by atoms with E-state index < -0.39 is 62.4 Å². The Bertz CT molecular complexity index is 1050. The van der Waals surface area contributed by atoms with Crippen LogP contribution in [-0.4, -0.2) is 27.0 Å². The van der Waals surface area contributed by atoms with E-state index in [0.717, 1.165) is 12.1 Å². The Balaban J connectivity index is 2.39. The Morgan fingerprint density at radius 3 is 2.14 bits per heavy atom. The predicted octanol–water partition coefficient (Wildman–Crippen LogP) is 3.09. The first-order valence-corrected chi connectivity index (χ1v) is 9.12. The van der Waals surface area contributed by atoms with Gasteiger partial charge in [0.1, 0.15) is 11.4 Å². The lowest BCUT2D eigenvalue weighted by atomic mass is 10.1. The standard InChI is InChI=1S/C16H13F6N3O3S/c1-7-2-12(23)13(29(27,28)24-6-16(20,21)22)5-9(7)15(26)25-8-3-10(17)14(19)11(18)4-8/h2-5,24H,6,23H2,1H3,(H,25,26). The molecule has 2 aromatic carbocycles. The average molecular weight is 441 g/mol. The normalized spacial score (nSPS) is 12.1. The molecule has 0 unspecified atom stereocenters. The number of nitrogen functional groups attached to an aromatic ring is 1.